The molecule has 2 aromatic rings. The summed E-state index contributed by atoms with van der Waals surface area (Å²) in [5, 5.41) is 9.84. The van der Waals surface area contributed by atoms with E-state index in [4.69, 9.17) is 16.3 Å². The summed E-state index contributed by atoms with van der Waals surface area (Å²) in [4.78, 5) is 0. The highest BCUT2D eigenvalue weighted by atomic mass is 35.5. The fourth-order valence-electron chi connectivity index (χ4n) is 2.06. The fourth-order valence-corrected chi connectivity index (χ4v) is 2.18. The van der Waals surface area contributed by atoms with Gasteiger partial charge in [0.15, 0.2) is 0 Å². The zero-order valence-electron chi connectivity index (χ0n) is 11.4. The summed E-state index contributed by atoms with van der Waals surface area (Å²) < 4.78 is 19.2. The zero-order valence-corrected chi connectivity index (χ0v) is 12.2. The largest absolute Gasteiger partial charge is 0.494 e. The van der Waals surface area contributed by atoms with Crippen LogP contribution in [0.5, 0.6) is 5.75 Å². The standard InChI is InChI=1S/C17H15ClFNO/c18-14-7-9-15(10-8-14)21-11-3-4-13(12-20)16-5-1-2-6-17(16)19/h1-2,5-10,13H,3-4,11H2. The number of hydrogen-bond acceptors (Lipinski definition) is 2. The van der Waals surface area contributed by atoms with Gasteiger partial charge < -0.3 is 4.74 Å². The van der Waals surface area contributed by atoms with Gasteiger partial charge in [-0.25, -0.2) is 4.39 Å². The van der Waals surface area contributed by atoms with Crippen LogP contribution in [0.1, 0.15) is 24.3 Å². The third-order valence-electron chi connectivity index (χ3n) is 3.16. The summed E-state index contributed by atoms with van der Waals surface area (Å²) >= 11 is 5.79. The van der Waals surface area contributed by atoms with E-state index in [-0.39, 0.29) is 5.82 Å². The van der Waals surface area contributed by atoms with Crippen molar-refractivity contribution in [2.45, 2.75) is 18.8 Å². The number of nitriles is 1. The average molecular weight is 304 g/mol. The lowest BCUT2D eigenvalue weighted by Crippen LogP contribution is -2.03. The molecule has 21 heavy (non-hydrogen) atoms. The van der Waals surface area contributed by atoms with Crippen LogP contribution in [0.2, 0.25) is 5.02 Å². The van der Waals surface area contributed by atoms with Gasteiger partial charge in [0, 0.05) is 10.6 Å². The van der Waals surface area contributed by atoms with Crippen LogP contribution in [0.15, 0.2) is 48.5 Å². The van der Waals surface area contributed by atoms with Crippen LogP contribution in [0.4, 0.5) is 4.39 Å². The molecule has 0 amide bonds. The molecule has 0 fully saturated rings. The van der Waals surface area contributed by atoms with Gasteiger partial charge in [-0.3, -0.25) is 0 Å². The first-order valence-electron chi connectivity index (χ1n) is 6.73. The van der Waals surface area contributed by atoms with Crippen LogP contribution in [0.3, 0.4) is 0 Å². The molecular formula is C17H15ClFNO. The first-order chi connectivity index (χ1) is 10.2. The molecule has 0 radical (unpaired) electrons. The first-order valence-corrected chi connectivity index (χ1v) is 7.11. The molecule has 2 rings (SSSR count). The molecule has 0 spiro atoms. The SMILES string of the molecule is N#CC(CCCOc1ccc(Cl)cc1)c1ccccc1F. The van der Waals surface area contributed by atoms with Crippen molar-refractivity contribution >= 4 is 11.6 Å². The van der Waals surface area contributed by atoms with Crippen LogP contribution >= 0.6 is 11.6 Å². The van der Waals surface area contributed by atoms with Crippen molar-refractivity contribution in [3.8, 4) is 11.8 Å². The number of benzene rings is 2. The Morgan fingerprint density at radius 1 is 1.14 bits per heavy atom. The molecular weight excluding hydrogens is 289 g/mol. The van der Waals surface area contributed by atoms with E-state index in [1.807, 2.05) is 0 Å². The lowest BCUT2D eigenvalue weighted by atomic mass is 9.95. The van der Waals surface area contributed by atoms with E-state index in [1.54, 1.807) is 42.5 Å². The zero-order chi connectivity index (χ0) is 15.1. The number of rotatable bonds is 6. The predicted molar refractivity (Wildman–Crippen MR) is 80.9 cm³/mol. The van der Waals surface area contributed by atoms with E-state index in [1.165, 1.54) is 6.07 Å². The van der Waals surface area contributed by atoms with Crippen molar-refractivity contribution in [1.29, 1.82) is 5.26 Å². The maximum absolute atomic E-state index is 13.6. The summed E-state index contributed by atoms with van der Waals surface area (Å²) in [5.41, 5.74) is 0.450. The molecule has 0 aromatic heterocycles. The Morgan fingerprint density at radius 2 is 1.86 bits per heavy atom. The Labute approximate surface area is 128 Å². The highest BCUT2D eigenvalue weighted by molar-refractivity contribution is 6.30. The molecule has 2 nitrogen and oxygen atoms in total. The minimum atomic E-state index is -0.444. The Bertz CT molecular complexity index is 621. The maximum Gasteiger partial charge on any atom is 0.127 e. The molecule has 0 N–H and O–H groups in total. The Hall–Kier alpha value is -2.05. The molecule has 2 aromatic carbocycles. The number of hydrogen-bond donors (Lipinski definition) is 0. The maximum atomic E-state index is 13.6. The highest BCUT2D eigenvalue weighted by Gasteiger charge is 2.14. The van der Waals surface area contributed by atoms with Gasteiger partial charge in [-0.15, -0.1) is 0 Å². The van der Waals surface area contributed by atoms with Crippen LogP contribution < -0.4 is 4.74 Å². The fraction of sp³-hybridized carbons (Fsp3) is 0.235. The number of nitrogens with zero attached hydrogens (tertiary/aromatic N) is 1. The summed E-state index contributed by atoms with van der Waals surface area (Å²) in [7, 11) is 0. The normalized spacial score (nSPS) is 11.7. The predicted octanol–water partition coefficient (Wildman–Crippen LogP) is 4.95. The van der Waals surface area contributed by atoms with E-state index < -0.39 is 5.92 Å². The summed E-state index contributed by atoms with van der Waals surface area (Å²) in [6, 6.07) is 15.7. The van der Waals surface area contributed by atoms with Crippen LogP contribution in [-0.4, -0.2) is 6.61 Å². The molecule has 0 aliphatic heterocycles. The lowest BCUT2D eigenvalue weighted by molar-refractivity contribution is 0.304. The van der Waals surface area contributed by atoms with E-state index in [0.29, 0.717) is 30.0 Å². The van der Waals surface area contributed by atoms with Gasteiger partial charge in [0.2, 0.25) is 0 Å². The average Bonchev–Trinajstić information content (AvgIpc) is 2.50. The van der Waals surface area contributed by atoms with Crippen LogP contribution in [0, 0.1) is 17.1 Å². The topological polar surface area (TPSA) is 33.0 Å². The summed E-state index contributed by atoms with van der Waals surface area (Å²) in [5.74, 6) is -0.0403. The highest BCUT2D eigenvalue weighted by Crippen LogP contribution is 2.23. The van der Waals surface area contributed by atoms with Gasteiger partial charge in [0.05, 0.1) is 18.6 Å². The minimum Gasteiger partial charge on any atom is -0.494 e. The van der Waals surface area contributed by atoms with E-state index in [0.717, 1.165) is 5.75 Å². The molecule has 0 saturated carbocycles. The van der Waals surface area contributed by atoms with E-state index in [9.17, 15) is 9.65 Å². The Kier molecular flexibility index (Phi) is 5.59. The summed E-state index contributed by atoms with van der Waals surface area (Å²) in [6.45, 7) is 0.480. The van der Waals surface area contributed by atoms with Crippen molar-refractivity contribution < 1.29 is 9.13 Å². The molecule has 4 heteroatoms. The molecule has 1 unspecified atom stereocenters. The minimum absolute atomic E-state index is 0.331. The van der Waals surface area contributed by atoms with Crippen molar-refractivity contribution in [3.63, 3.8) is 0 Å². The van der Waals surface area contributed by atoms with Crippen molar-refractivity contribution in [3.05, 3.63) is 64.9 Å². The Balaban J connectivity index is 1.83. The molecule has 0 aliphatic rings. The lowest BCUT2D eigenvalue weighted by Gasteiger charge is -2.11. The van der Waals surface area contributed by atoms with Crippen molar-refractivity contribution in [1.82, 2.24) is 0 Å². The number of ether oxygens (including phenoxy) is 1. The van der Waals surface area contributed by atoms with Gasteiger partial charge in [-0.1, -0.05) is 29.8 Å². The van der Waals surface area contributed by atoms with Gasteiger partial charge in [-0.2, -0.15) is 5.26 Å². The molecule has 0 aliphatic carbocycles. The summed E-state index contributed by atoms with van der Waals surface area (Å²) in [6.07, 6.45) is 1.24. The third-order valence-corrected chi connectivity index (χ3v) is 3.41. The van der Waals surface area contributed by atoms with Gasteiger partial charge in [0.1, 0.15) is 11.6 Å². The second kappa shape index (κ2) is 7.66. The quantitative estimate of drug-likeness (QED) is 0.708. The molecule has 0 saturated heterocycles. The Morgan fingerprint density at radius 3 is 2.52 bits per heavy atom. The van der Waals surface area contributed by atoms with E-state index >= 15 is 0 Å². The first kappa shape index (κ1) is 15.3. The van der Waals surface area contributed by atoms with Crippen molar-refractivity contribution in [2.24, 2.45) is 0 Å². The van der Waals surface area contributed by atoms with Crippen molar-refractivity contribution in [2.75, 3.05) is 6.61 Å². The van der Waals surface area contributed by atoms with Gasteiger partial charge in [0.25, 0.3) is 0 Å². The molecule has 0 bridgehead atoms. The molecule has 1 atom stereocenters. The second-order valence-corrected chi connectivity index (χ2v) is 5.08. The van der Waals surface area contributed by atoms with Gasteiger partial charge >= 0.3 is 0 Å². The monoisotopic (exact) mass is 303 g/mol. The number of halogens is 2. The van der Waals surface area contributed by atoms with E-state index in [2.05, 4.69) is 6.07 Å². The van der Waals surface area contributed by atoms with Crippen LogP contribution in [0.25, 0.3) is 0 Å². The third kappa shape index (κ3) is 4.47. The van der Waals surface area contributed by atoms with Crippen LogP contribution in [-0.2, 0) is 0 Å². The molecule has 108 valence electrons. The van der Waals surface area contributed by atoms with Gasteiger partial charge in [-0.05, 0) is 43.2 Å². The second-order valence-electron chi connectivity index (χ2n) is 4.65. The smallest absolute Gasteiger partial charge is 0.127 e. The molecule has 0 heterocycles.